The molecule has 0 radical (unpaired) electrons. The molecule has 0 N–H and O–H groups in total. The van der Waals surface area contributed by atoms with E-state index in [2.05, 4.69) is 26.4 Å². The molecule has 1 aliphatic rings. The van der Waals surface area contributed by atoms with Gasteiger partial charge < -0.3 is 9.64 Å². The Labute approximate surface area is 138 Å². The van der Waals surface area contributed by atoms with Crippen molar-refractivity contribution in [2.24, 2.45) is 10.1 Å². The van der Waals surface area contributed by atoms with Crippen LogP contribution < -0.4 is 9.64 Å². The van der Waals surface area contributed by atoms with Gasteiger partial charge in [0.05, 0.1) is 25.4 Å². The third-order valence-electron chi connectivity index (χ3n) is 4.00. The van der Waals surface area contributed by atoms with Crippen LogP contribution >= 0.6 is 11.3 Å². The maximum atomic E-state index is 8.62. The molecule has 118 valence electrons. The van der Waals surface area contributed by atoms with Crippen molar-refractivity contribution < 1.29 is 4.74 Å². The van der Waals surface area contributed by atoms with Gasteiger partial charge in [0.15, 0.2) is 0 Å². The summed E-state index contributed by atoms with van der Waals surface area (Å²) in [4.78, 5) is 9.81. The Balaban J connectivity index is 2.11. The van der Waals surface area contributed by atoms with Crippen LogP contribution in [-0.2, 0) is 0 Å². The number of anilines is 1. The summed E-state index contributed by atoms with van der Waals surface area (Å²) in [7, 11) is 3.66. The van der Waals surface area contributed by atoms with Crippen molar-refractivity contribution in [3.8, 4) is 5.75 Å². The first-order valence-electron chi connectivity index (χ1n) is 7.23. The van der Waals surface area contributed by atoms with E-state index in [0.29, 0.717) is 13.1 Å². The van der Waals surface area contributed by atoms with E-state index in [1.54, 1.807) is 18.4 Å². The van der Waals surface area contributed by atoms with Crippen molar-refractivity contribution in [1.29, 1.82) is 0 Å². The number of fused-ring (bicyclic) bond motifs is 1. The van der Waals surface area contributed by atoms with Gasteiger partial charge in [0.2, 0.25) is 0 Å². The minimum atomic E-state index is 0.0212. The second kappa shape index (κ2) is 6.73. The molecule has 0 fully saturated rings. The Morgan fingerprint density at radius 3 is 3.04 bits per heavy atom. The van der Waals surface area contributed by atoms with Gasteiger partial charge in [-0.1, -0.05) is 5.11 Å². The second-order valence-electron chi connectivity index (χ2n) is 5.26. The smallest absolute Gasteiger partial charge is 0.120 e. The number of benzene rings is 1. The van der Waals surface area contributed by atoms with E-state index in [1.807, 2.05) is 30.6 Å². The van der Waals surface area contributed by atoms with E-state index in [0.717, 1.165) is 28.3 Å². The lowest BCUT2D eigenvalue weighted by Crippen LogP contribution is -2.36. The Kier molecular flexibility index (Phi) is 4.50. The number of azide groups is 1. The number of hydrogen-bond acceptors (Lipinski definition) is 5. The highest BCUT2D eigenvalue weighted by atomic mass is 32.1. The first kappa shape index (κ1) is 15.4. The van der Waals surface area contributed by atoms with Crippen molar-refractivity contribution in [2.45, 2.75) is 6.04 Å². The molecular weight excluding hydrogens is 310 g/mol. The van der Waals surface area contributed by atoms with E-state index in [1.165, 1.54) is 0 Å². The van der Waals surface area contributed by atoms with Crippen LogP contribution in [0.1, 0.15) is 11.1 Å². The molecule has 0 amide bonds. The summed E-state index contributed by atoms with van der Waals surface area (Å²) in [6, 6.07) is 8.09. The zero-order valence-electron chi connectivity index (χ0n) is 13.0. The van der Waals surface area contributed by atoms with Crippen LogP contribution in [0.4, 0.5) is 5.69 Å². The van der Waals surface area contributed by atoms with Crippen molar-refractivity contribution >= 4 is 22.7 Å². The molecule has 7 heteroatoms. The second-order valence-corrected chi connectivity index (χ2v) is 6.04. The number of aliphatic imine (C=N–C) groups is 1. The molecule has 2 aromatic rings. The molecule has 1 aromatic carbocycles. The Morgan fingerprint density at radius 1 is 1.48 bits per heavy atom. The molecule has 23 heavy (non-hydrogen) atoms. The van der Waals surface area contributed by atoms with E-state index in [-0.39, 0.29) is 6.04 Å². The Morgan fingerprint density at radius 2 is 2.35 bits per heavy atom. The van der Waals surface area contributed by atoms with Gasteiger partial charge in [0.1, 0.15) is 5.75 Å². The van der Waals surface area contributed by atoms with Crippen LogP contribution in [0.25, 0.3) is 10.4 Å². The summed E-state index contributed by atoms with van der Waals surface area (Å²) in [5.74, 6) is 0.796. The van der Waals surface area contributed by atoms with Crippen LogP contribution in [-0.4, -0.2) is 39.0 Å². The van der Waals surface area contributed by atoms with Gasteiger partial charge in [0.25, 0.3) is 0 Å². The van der Waals surface area contributed by atoms with Crippen LogP contribution in [0.3, 0.4) is 0 Å². The summed E-state index contributed by atoms with van der Waals surface area (Å²) in [6.45, 7) is 0.960. The molecule has 1 aliphatic heterocycles. The lowest BCUT2D eigenvalue weighted by molar-refractivity contribution is 0.414. The SMILES string of the molecule is COc1ccc2c(c1)N(C)C(CN=[N+]=[N-])CN=C2c1ccsc1. The minimum absolute atomic E-state index is 0.0212. The maximum Gasteiger partial charge on any atom is 0.120 e. The molecule has 0 saturated heterocycles. The molecular formula is C16H17N5OS. The fraction of sp³-hybridized carbons (Fsp3) is 0.312. The number of methoxy groups -OCH3 is 1. The first-order chi connectivity index (χ1) is 11.2. The van der Waals surface area contributed by atoms with Gasteiger partial charge in [-0.2, -0.15) is 11.3 Å². The number of thiophene rings is 1. The molecule has 6 nitrogen and oxygen atoms in total. The standard InChI is InChI=1S/C16H17N5OS/c1-21-12(9-19-20-17)8-18-16(11-5-6-23-10-11)14-4-3-13(22-2)7-15(14)21/h3-7,10,12H,8-9H2,1-2H3. The van der Waals surface area contributed by atoms with Crippen molar-refractivity contribution in [3.63, 3.8) is 0 Å². The van der Waals surface area contributed by atoms with Crippen LogP contribution in [0, 0.1) is 0 Å². The zero-order chi connectivity index (χ0) is 16.2. The number of rotatable bonds is 4. The summed E-state index contributed by atoms with van der Waals surface area (Å²) >= 11 is 1.65. The van der Waals surface area contributed by atoms with Crippen LogP contribution in [0.15, 0.2) is 45.1 Å². The molecule has 0 spiro atoms. The average molecular weight is 327 g/mol. The minimum Gasteiger partial charge on any atom is -0.497 e. The summed E-state index contributed by atoms with van der Waals surface area (Å²) < 4.78 is 5.37. The lowest BCUT2D eigenvalue weighted by atomic mass is 10.0. The third-order valence-corrected chi connectivity index (χ3v) is 4.68. The van der Waals surface area contributed by atoms with E-state index >= 15 is 0 Å². The third kappa shape index (κ3) is 3.02. The number of nitrogens with zero attached hydrogens (tertiary/aromatic N) is 5. The summed E-state index contributed by atoms with van der Waals surface area (Å²) in [6.07, 6.45) is 0. The van der Waals surface area contributed by atoms with Gasteiger partial charge >= 0.3 is 0 Å². The highest BCUT2D eigenvalue weighted by Crippen LogP contribution is 2.31. The fourth-order valence-corrected chi connectivity index (χ4v) is 3.33. The van der Waals surface area contributed by atoms with E-state index in [4.69, 9.17) is 15.3 Å². The Hall–Kier alpha value is -2.50. The molecule has 0 bridgehead atoms. The van der Waals surface area contributed by atoms with E-state index in [9.17, 15) is 0 Å². The fourth-order valence-electron chi connectivity index (χ4n) is 2.69. The monoisotopic (exact) mass is 327 g/mol. The van der Waals surface area contributed by atoms with Gasteiger partial charge in [0, 0.05) is 46.8 Å². The predicted molar refractivity (Wildman–Crippen MR) is 94.0 cm³/mol. The molecule has 1 unspecified atom stereocenters. The zero-order valence-corrected chi connectivity index (χ0v) is 13.8. The van der Waals surface area contributed by atoms with Crippen LogP contribution in [0.2, 0.25) is 0 Å². The molecule has 3 rings (SSSR count). The quantitative estimate of drug-likeness (QED) is 0.487. The molecule has 2 heterocycles. The van der Waals surface area contributed by atoms with Crippen molar-refractivity contribution in [2.75, 3.05) is 32.1 Å². The normalized spacial score (nSPS) is 16.9. The number of likely N-dealkylation sites (N-methyl/N-ethyl adjacent to an activating group) is 1. The summed E-state index contributed by atoms with van der Waals surface area (Å²) in [5.41, 5.74) is 12.8. The lowest BCUT2D eigenvalue weighted by Gasteiger charge is -2.27. The molecule has 1 atom stereocenters. The Bertz CT molecular complexity index is 765. The topological polar surface area (TPSA) is 73.6 Å². The van der Waals surface area contributed by atoms with Crippen molar-refractivity contribution in [3.05, 3.63) is 56.6 Å². The maximum absolute atomic E-state index is 8.62. The predicted octanol–water partition coefficient (Wildman–Crippen LogP) is 3.72. The highest BCUT2D eigenvalue weighted by Gasteiger charge is 2.24. The van der Waals surface area contributed by atoms with Gasteiger partial charge in [-0.3, -0.25) is 4.99 Å². The van der Waals surface area contributed by atoms with E-state index < -0.39 is 0 Å². The van der Waals surface area contributed by atoms with Gasteiger partial charge in [-0.25, -0.2) is 0 Å². The van der Waals surface area contributed by atoms with Crippen LogP contribution in [0.5, 0.6) is 5.75 Å². The highest BCUT2D eigenvalue weighted by molar-refractivity contribution is 7.08. The average Bonchev–Trinajstić information content (AvgIpc) is 3.07. The number of benzodiazepines with no additional fused rings is 1. The summed E-state index contributed by atoms with van der Waals surface area (Å²) in [5, 5.41) is 7.88. The largest absolute Gasteiger partial charge is 0.497 e. The molecule has 1 aromatic heterocycles. The molecule has 0 aliphatic carbocycles. The molecule has 0 saturated carbocycles. The van der Waals surface area contributed by atoms with Gasteiger partial charge in [-0.05, 0) is 29.1 Å². The number of ether oxygens (including phenoxy) is 1. The number of hydrogen-bond donors (Lipinski definition) is 0. The first-order valence-corrected chi connectivity index (χ1v) is 8.18. The van der Waals surface area contributed by atoms with Gasteiger partial charge in [-0.15, -0.1) is 0 Å². The van der Waals surface area contributed by atoms with Crippen molar-refractivity contribution in [1.82, 2.24) is 0 Å².